The summed E-state index contributed by atoms with van der Waals surface area (Å²) in [7, 11) is 0. The summed E-state index contributed by atoms with van der Waals surface area (Å²) in [6, 6.07) is 9.07. The first-order chi connectivity index (χ1) is 16.3. The zero-order valence-corrected chi connectivity index (χ0v) is 20.2. The van der Waals surface area contributed by atoms with Crippen molar-refractivity contribution in [3.63, 3.8) is 0 Å². The Labute approximate surface area is 201 Å². The third-order valence-electron chi connectivity index (χ3n) is 5.33. The fourth-order valence-electron chi connectivity index (χ4n) is 3.88. The summed E-state index contributed by atoms with van der Waals surface area (Å²) in [5.74, 6) is -1.46. The molecule has 2 aromatic rings. The van der Waals surface area contributed by atoms with Gasteiger partial charge in [0.05, 0.1) is 24.0 Å². The van der Waals surface area contributed by atoms with Gasteiger partial charge in [-0.3, -0.25) is 4.79 Å². The molecule has 1 N–H and O–H groups in total. The molecular weight excluding hydrogens is 465 g/mol. The van der Waals surface area contributed by atoms with Crippen molar-refractivity contribution < 1.29 is 32.2 Å². The lowest BCUT2D eigenvalue weighted by molar-refractivity contribution is -0.159. The number of nitrogens with one attached hydrogen (secondary N) is 1. The van der Waals surface area contributed by atoms with E-state index >= 15 is 0 Å². The monoisotopic (exact) mass is 494 g/mol. The lowest BCUT2D eigenvalue weighted by Gasteiger charge is -2.32. The molecule has 2 amide bonds. The number of carbonyl (C=O) groups is 2. The molecule has 0 spiro atoms. The number of ether oxygens (including phenoxy) is 2. The number of hydrogen-bond acceptors (Lipinski definition) is 6. The summed E-state index contributed by atoms with van der Waals surface area (Å²) in [6.45, 7) is 7.33. The Morgan fingerprint density at radius 1 is 1.14 bits per heavy atom. The molecule has 1 aromatic carbocycles. The van der Waals surface area contributed by atoms with E-state index in [1.807, 2.05) is 0 Å². The average Bonchev–Trinajstić information content (AvgIpc) is 3.06. The van der Waals surface area contributed by atoms with Crippen molar-refractivity contribution in [2.45, 2.75) is 71.1 Å². The second kappa shape index (κ2) is 10.2. The first-order valence-corrected chi connectivity index (χ1v) is 11.1. The van der Waals surface area contributed by atoms with Crippen LogP contribution in [-0.4, -0.2) is 57.6 Å². The van der Waals surface area contributed by atoms with Crippen molar-refractivity contribution >= 4 is 12.0 Å². The number of halogens is 3. The SMILES string of the molecule is CC(C)(C)OC(=O)NCc1ccc(-c2ccc([C@H]3OC(C)(C)N(C(=O)C(F)F)[C@@H]3CF)cc2)nn1. The molecule has 0 radical (unpaired) electrons. The Bertz CT molecular complexity index is 1040. The summed E-state index contributed by atoms with van der Waals surface area (Å²) in [5.41, 5.74) is 0.352. The smallest absolute Gasteiger partial charge is 0.407 e. The van der Waals surface area contributed by atoms with Crippen LogP contribution in [0.2, 0.25) is 0 Å². The van der Waals surface area contributed by atoms with E-state index in [-0.39, 0.29) is 6.54 Å². The Balaban J connectivity index is 1.70. The quantitative estimate of drug-likeness (QED) is 0.640. The topological polar surface area (TPSA) is 93.7 Å². The third-order valence-corrected chi connectivity index (χ3v) is 5.33. The molecule has 2 atom stereocenters. The highest BCUT2D eigenvalue weighted by atomic mass is 19.3. The summed E-state index contributed by atoms with van der Waals surface area (Å²) in [6.07, 6.45) is -4.72. The van der Waals surface area contributed by atoms with Crippen molar-refractivity contribution in [2.24, 2.45) is 0 Å². The van der Waals surface area contributed by atoms with E-state index < -0.39 is 48.6 Å². The average molecular weight is 495 g/mol. The minimum absolute atomic E-state index is 0.147. The van der Waals surface area contributed by atoms with Gasteiger partial charge in [0, 0.05) is 5.56 Å². The van der Waals surface area contributed by atoms with Crippen LogP contribution in [0.25, 0.3) is 11.3 Å². The summed E-state index contributed by atoms with van der Waals surface area (Å²) in [4.78, 5) is 24.5. The molecule has 190 valence electrons. The maximum absolute atomic E-state index is 13.9. The molecule has 1 aliphatic heterocycles. The van der Waals surface area contributed by atoms with E-state index in [0.717, 1.165) is 4.90 Å². The van der Waals surface area contributed by atoms with E-state index in [2.05, 4.69) is 15.5 Å². The van der Waals surface area contributed by atoms with Crippen LogP contribution in [0.1, 0.15) is 52.0 Å². The number of hydrogen-bond donors (Lipinski definition) is 1. The summed E-state index contributed by atoms with van der Waals surface area (Å²) >= 11 is 0. The number of carbonyl (C=O) groups excluding carboxylic acids is 2. The number of benzene rings is 1. The number of aromatic nitrogens is 2. The van der Waals surface area contributed by atoms with Crippen LogP contribution in [0.3, 0.4) is 0 Å². The Morgan fingerprint density at radius 2 is 1.80 bits per heavy atom. The maximum atomic E-state index is 13.9. The second-order valence-electron chi connectivity index (χ2n) is 9.60. The van der Waals surface area contributed by atoms with E-state index in [1.165, 1.54) is 13.8 Å². The molecule has 3 rings (SSSR count). The summed E-state index contributed by atoms with van der Waals surface area (Å²) in [5, 5.41) is 10.9. The van der Waals surface area contributed by atoms with E-state index in [0.29, 0.717) is 22.5 Å². The standard InChI is InChI=1S/C24H29F3N4O4/c1-23(2,3)35-22(33)28-13-16-10-11-17(30-29-16)14-6-8-15(9-7-14)19-18(12-25)31(21(32)20(26)27)24(4,5)34-19/h6-11,18-20H,12-13H2,1-5H3,(H,28,33)/t18-,19-/m1/s1. The van der Waals surface area contributed by atoms with Gasteiger partial charge in [-0.25, -0.2) is 9.18 Å². The molecular formula is C24H29F3N4O4. The van der Waals surface area contributed by atoms with Gasteiger partial charge in [0.25, 0.3) is 5.91 Å². The molecule has 8 nitrogen and oxygen atoms in total. The van der Waals surface area contributed by atoms with Crippen LogP contribution in [0, 0.1) is 0 Å². The lowest BCUT2D eigenvalue weighted by Crippen LogP contribution is -2.51. The van der Waals surface area contributed by atoms with Gasteiger partial charge < -0.3 is 19.7 Å². The maximum Gasteiger partial charge on any atom is 0.407 e. The van der Waals surface area contributed by atoms with Crippen LogP contribution in [-0.2, 0) is 20.8 Å². The molecule has 0 aliphatic carbocycles. The van der Waals surface area contributed by atoms with Crippen LogP contribution < -0.4 is 5.32 Å². The lowest BCUT2D eigenvalue weighted by atomic mass is 10.00. The molecule has 0 saturated carbocycles. The minimum atomic E-state index is -3.26. The van der Waals surface area contributed by atoms with Gasteiger partial charge in [-0.1, -0.05) is 24.3 Å². The summed E-state index contributed by atoms with van der Waals surface area (Å²) < 4.78 is 51.0. The molecule has 1 aliphatic rings. The van der Waals surface area contributed by atoms with E-state index in [1.54, 1.807) is 57.2 Å². The largest absolute Gasteiger partial charge is 0.444 e. The molecule has 11 heteroatoms. The zero-order chi connectivity index (χ0) is 26.0. The number of alkyl halides is 3. The fraction of sp³-hybridized carbons (Fsp3) is 0.500. The molecule has 1 fully saturated rings. The molecule has 2 heterocycles. The van der Waals surface area contributed by atoms with Crippen LogP contribution in [0.5, 0.6) is 0 Å². The highest BCUT2D eigenvalue weighted by Crippen LogP contribution is 2.42. The number of amides is 2. The minimum Gasteiger partial charge on any atom is -0.444 e. The molecule has 0 unspecified atom stereocenters. The molecule has 0 bridgehead atoms. The zero-order valence-electron chi connectivity index (χ0n) is 20.2. The van der Waals surface area contributed by atoms with Crippen molar-refractivity contribution in [1.82, 2.24) is 20.4 Å². The second-order valence-corrected chi connectivity index (χ2v) is 9.60. The van der Waals surface area contributed by atoms with Gasteiger partial charge >= 0.3 is 12.5 Å². The van der Waals surface area contributed by atoms with Crippen LogP contribution in [0.4, 0.5) is 18.0 Å². The van der Waals surface area contributed by atoms with Crippen molar-refractivity contribution in [3.8, 4) is 11.3 Å². The molecule has 1 aromatic heterocycles. The number of alkyl carbamates (subject to hydrolysis) is 1. The van der Waals surface area contributed by atoms with Gasteiger partial charge in [0.15, 0.2) is 0 Å². The Hall–Kier alpha value is -3.21. The normalized spacial score (nSPS) is 19.6. The van der Waals surface area contributed by atoms with E-state index in [9.17, 15) is 22.8 Å². The van der Waals surface area contributed by atoms with Gasteiger partial charge in [-0.05, 0) is 52.3 Å². The highest BCUT2D eigenvalue weighted by Gasteiger charge is 2.52. The van der Waals surface area contributed by atoms with Gasteiger partial charge in [0.1, 0.15) is 24.1 Å². The van der Waals surface area contributed by atoms with Crippen LogP contribution >= 0.6 is 0 Å². The Kier molecular flexibility index (Phi) is 7.68. The predicted octanol–water partition coefficient (Wildman–Crippen LogP) is 4.41. The Morgan fingerprint density at radius 3 is 2.31 bits per heavy atom. The van der Waals surface area contributed by atoms with Gasteiger partial charge in [-0.2, -0.15) is 19.0 Å². The predicted molar refractivity (Wildman–Crippen MR) is 121 cm³/mol. The number of rotatable bonds is 6. The van der Waals surface area contributed by atoms with Gasteiger partial charge in [-0.15, -0.1) is 0 Å². The molecule has 1 saturated heterocycles. The third kappa shape index (κ3) is 6.27. The number of nitrogens with zero attached hydrogens (tertiary/aromatic N) is 3. The van der Waals surface area contributed by atoms with Crippen molar-refractivity contribution in [3.05, 3.63) is 47.7 Å². The van der Waals surface area contributed by atoms with Crippen molar-refractivity contribution in [2.75, 3.05) is 6.67 Å². The van der Waals surface area contributed by atoms with Crippen LogP contribution in [0.15, 0.2) is 36.4 Å². The fourth-order valence-corrected chi connectivity index (χ4v) is 3.88. The first kappa shape index (κ1) is 26.4. The molecule has 35 heavy (non-hydrogen) atoms. The highest BCUT2D eigenvalue weighted by molar-refractivity contribution is 5.80. The van der Waals surface area contributed by atoms with Crippen molar-refractivity contribution in [1.29, 1.82) is 0 Å². The van der Waals surface area contributed by atoms with Gasteiger partial charge in [0.2, 0.25) is 0 Å². The van der Waals surface area contributed by atoms with E-state index in [4.69, 9.17) is 9.47 Å². The first-order valence-electron chi connectivity index (χ1n) is 11.1.